The Morgan fingerprint density at radius 3 is 2.54 bits per heavy atom. The maximum Gasteiger partial charge on any atom is 0.164 e. The Bertz CT molecular complexity index is 2070. The third-order valence-electron chi connectivity index (χ3n) is 7.92. The molecule has 0 amide bonds. The molecule has 162 valence electrons. The first-order chi connectivity index (χ1) is 17.3. The fraction of sp³-hybridized carbons (Fsp3) is 0.0645. The van der Waals surface area contributed by atoms with Gasteiger partial charge < -0.3 is 0 Å². The van der Waals surface area contributed by atoms with Crippen molar-refractivity contribution in [3.8, 4) is 22.3 Å². The Labute approximate surface area is 200 Å². The molecule has 7 aromatic rings. The van der Waals surface area contributed by atoms with Gasteiger partial charge in [-0.2, -0.15) is 0 Å². The molecule has 4 nitrogen and oxygen atoms in total. The molecule has 0 fully saturated rings. The van der Waals surface area contributed by atoms with Gasteiger partial charge in [-0.15, -0.1) is 0 Å². The first-order valence-electron chi connectivity index (χ1n) is 12.0. The number of pyridine rings is 3. The molecular weight excluding hydrogens is 428 g/mol. The van der Waals surface area contributed by atoms with Crippen LogP contribution >= 0.6 is 0 Å². The second-order valence-electron chi connectivity index (χ2n) is 9.71. The van der Waals surface area contributed by atoms with E-state index >= 15 is 0 Å². The van der Waals surface area contributed by atoms with Crippen LogP contribution < -0.4 is 0 Å². The van der Waals surface area contributed by atoms with E-state index in [1.165, 1.54) is 49.9 Å². The van der Waals surface area contributed by atoms with Crippen molar-refractivity contribution < 1.29 is 0 Å². The van der Waals surface area contributed by atoms with Crippen LogP contribution in [-0.2, 0) is 12.8 Å². The summed E-state index contributed by atoms with van der Waals surface area (Å²) in [6, 6.07) is 24.3. The molecule has 3 aromatic carbocycles. The quantitative estimate of drug-likeness (QED) is 0.243. The predicted octanol–water partition coefficient (Wildman–Crippen LogP) is 6.73. The van der Waals surface area contributed by atoms with Crippen molar-refractivity contribution in [1.29, 1.82) is 0 Å². The summed E-state index contributed by atoms with van der Waals surface area (Å²) >= 11 is 0. The molecule has 9 rings (SSSR count). The van der Waals surface area contributed by atoms with E-state index < -0.39 is 0 Å². The molecule has 0 bridgehead atoms. The summed E-state index contributed by atoms with van der Waals surface area (Å²) in [6.07, 6.45) is 7.67. The summed E-state index contributed by atoms with van der Waals surface area (Å²) in [5.41, 5.74) is 15.0. The normalized spacial score (nSPS) is 13.5. The summed E-state index contributed by atoms with van der Waals surface area (Å²) in [6.45, 7) is 0. The largest absolute Gasteiger partial charge is 0.276 e. The van der Waals surface area contributed by atoms with E-state index in [9.17, 15) is 0 Å². The summed E-state index contributed by atoms with van der Waals surface area (Å²) in [4.78, 5) is 14.3. The maximum absolute atomic E-state index is 5.04. The van der Waals surface area contributed by atoms with E-state index in [2.05, 4.69) is 69.0 Å². The van der Waals surface area contributed by atoms with Gasteiger partial charge in [-0.25, -0.2) is 9.97 Å². The fourth-order valence-electron chi connectivity index (χ4n) is 6.48. The van der Waals surface area contributed by atoms with Crippen molar-refractivity contribution in [3.05, 3.63) is 108 Å². The number of imidazole rings is 1. The maximum atomic E-state index is 5.04. The average Bonchev–Trinajstić information content (AvgIpc) is 3.58. The lowest BCUT2D eigenvalue weighted by molar-refractivity contribution is 1.23. The van der Waals surface area contributed by atoms with E-state index in [1.54, 1.807) is 0 Å². The zero-order valence-corrected chi connectivity index (χ0v) is 18.8. The topological polar surface area (TPSA) is 43.1 Å². The first-order valence-corrected chi connectivity index (χ1v) is 12.0. The van der Waals surface area contributed by atoms with E-state index in [4.69, 9.17) is 4.98 Å². The number of hydrogen-bond donors (Lipinski definition) is 0. The van der Waals surface area contributed by atoms with Crippen molar-refractivity contribution in [3.63, 3.8) is 0 Å². The van der Waals surface area contributed by atoms with Crippen LogP contribution in [0.15, 0.2) is 85.3 Å². The number of rotatable bonds is 0. The molecule has 0 aliphatic heterocycles. The molecule has 0 unspecified atom stereocenters. The Kier molecular flexibility index (Phi) is 3.11. The summed E-state index contributed by atoms with van der Waals surface area (Å²) in [5, 5.41) is 3.55. The van der Waals surface area contributed by atoms with Gasteiger partial charge in [-0.05, 0) is 87.7 Å². The number of aromatic nitrogens is 4. The van der Waals surface area contributed by atoms with Crippen molar-refractivity contribution in [2.45, 2.75) is 12.8 Å². The molecule has 35 heavy (non-hydrogen) atoms. The molecule has 0 N–H and O–H groups in total. The smallest absolute Gasteiger partial charge is 0.164 e. The van der Waals surface area contributed by atoms with Crippen molar-refractivity contribution in [2.75, 3.05) is 0 Å². The van der Waals surface area contributed by atoms with Crippen LogP contribution in [0.2, 0.25) is 0 Å². The van der Waals surface area contributed by atoms with Gasteiger partial charge in [0.05, 0.1) is 5.52 Å². The molecule has 0 saturated heterocycles. The average molecular weight is 447 g/mol. The SMILES string of the molecule is c1ccc2c(c1)Cc1cc3c(cc1-2)Cc1ccc2c(c1-3)c1cnccc1n1c3ncccc3nc21. The van der Waals surface area contributed by atoms with Crippen molar-refractivity contribution in [2.24, 2.45) is 0 Å². The second-order valence-corrected chi connectivity index (χ2v) is 9.71. The highest BCUT2D eigenvalue weighted by atomic mass is 15.1. The van der Waals surface area contributed by atoms with Crippen LogP contribution in [0.1, 0.15) is 22.3 Å². The van der Waals surface area contributed by atoms with Crippen LogP contribution in [0.5, 0.6) is 0 Å². The third kappa shape index (κ3) is 2.15. The fourth-order valence-corrected chi connectivity index (χ4v) is 6.48. The van der Waals surface area contributed by atoms with Crippen LogP contribution in [0, 0.1) is 0 Å². The summed E-state index contributed by atoms with van der Waals surface area (Å²) < 4.78 is 2.19. The zero-order valence-electron chi connectivity index (χ0n) is 18.8. The van der Waals surface area contributed by atoms with Crippen LogP contribution in [0.3, 0.4) is 0 Å². The predicted molar refractivity (Wildman–Crippen MR) is 140 cm³/mol. The van der Waals surface area contributed by atoms with Gasteiger partial charge in [-0.1, -0.05) is 36.4 Å². The van der Waals surface area contributed by atoms with E-state index in [-0.39, 0.29) is 0 Å². The number of benzene rings is 3. The lowest BCUT2D eigenvalue weighted by Crippen LogP contribution is -1.95. The molecule has 4 aromatic heterocycles. The minimum Gasteiger partial charge on any atom is -0.276 e. The Morgan fingerprint density at radius 2 is 1.54 bits per heavy atom. The molecule has 0 spiro atoms. The monoisotopic (exact) mass is 446 g/mol. The number of nitrogens with zero attached hydrogens (tertiary/aromatic N) is 4. The van der Waals surface area contributed by atoms with Gasteiger partial charge >= 0.3 is 0 Å². The highest BCUT2D eigenvalue weighted by Crippen LogP contribution is 2.48. The molecule has 0 saturated carbocycles. The molecule has 2 aliphatic rings. The van der Waals surface area contributed by atoms with Gasteiger partial charge in [0, 0.05) is 34.7 Å². The third-order valence-corrected chi connectivity index (χ3v) is 7.92. The summed E-state index contributed by atoms with van der Waals surface area (Å²) in [7, 11) is 0. The van der Waals surface area contributed by atoms with E-state index in [0.29, 0.717) is 0 Å². The minimum atomic E-state index is 0.886. The minimum absolute atomic E-state index is 0.886. The molecule has 0 atom stereocenters. The second kappa shape index (κ2) is 6.10. The van der Waals surface area contributed by atoms with E-state index in [1.807, 2.05) is 30.7 Å². The standard InChI is InChI=1S/C31H18N4/c1-2-5-21-17(4-1)12-19-15-24-20(14-23(19)21)13-18-7-8-22-29(28(18)24)25-16-32-11-9-27(25)35-30(22)34-26-6-3-10-33-31(26)35/h1-11,14-16H,12-13H2. The van der Waals surface area contributed by atoms with Gasteiger partial charge in [-0.3, -0.25) is 9.38 Å². The number of fused-ring (bicyclic) bond motifs is 15. The number of hydrogen-bond acceptors (Lipinski definition) is 3. The van der Waals surface area contributed by atoms with Crippen LogP contribution in [-0.4, -0.2) is 19.4 Å². The van der Waals surface area contributed by atoms with Crippen molar-refractivity contribution in [1.82, 2.24) is 19.4 Å². The highest BCUT2D eigenvalue weighted by molar-refractivity contribution is 6.20. The molecular formula is C31H18N4. The van der Waals surface area contributed by atoms with Crippen LogP contribution in [0.25, 0.3) is 60.7 Å². The van der Waals surface area contributed by atoms with Gasteiger partial charge in [0.15, 0.2) is 5.65 Å². The van der Waals surface area contributed by atoms with Gasteiger partial charge in [0.2, 0.25) is 0 Å². The van der Waals surface area contributed by atoms with Gasteiger partial charge in [0.1, 0.15) is 11.2 Å². The van der Waals surface area contributed by atoms with Crippen molar-refractivity contribution >= 4 is 38.5 Å². The first kappa shape index (κ1) is 17.8. The molecule has 2 aliphatic carbocycles. The molecule has 4 heterocycles. The Morgan fingerprint density at radius 1 is 0.657 bits per heavy atom. The zero-order chi connectivity index (χ0) is 22.7. The lowest BCUT2D eigenvalue weighted by Gasteiger charge is -2.13. The molecule has 4 heteroatoms. The summed E-state index contributed by atoms with van der Waals surface area (Å²) in [5.74, 6) is 0. The van der Waals surface area contributed by atoms with Crippen LogP contribution in [0.4, 0.5) is 0 Å². The Hall–Kier alpha value is -4.57. The Balaban J connectivity index is 1.43. The van der Waals surface area contributed by atoms with Gasteiger partial charge in [0.25, 0.3) is 0 Å². The van der Waals surface area contributed by atoms with E-state index in [0.717, 1.165) is 45.9 Å². The lowest BCUT2D eigenvalue weighted by atomic mass is 9.94. The highest BCUT2D eigenvalue weighted by Gasteiger charge is 2.28. The molecule has 0 radical (unpaired) electrons.